The molecule has 2 aliphatic heterocycles. The first kappa shape index (κ1) is 8.78. The van der Waals surface area contributed by atoms with E-state index in [1.807, 2.05) is 0 Å². The summed E-state index contributed by atoms with van der Waals surface area (Å²) in [5.41, 5.74) is 0. The quantitative estimate of drug-likeness (QED) is 0.508. The fraction of sp³-hybridized carbons (Fsp3) is 0.750. The van der Waals surface area contributed by atoms with E-state index in [4.69, 9.17) is 0 Å². The number of hydrogen-bond acceptors (Lipinski definition) is 5. The first-order valence-electron chi connectivity index (χ1n) is 5.02. The van der Waals surface area contributed by atoms with Crippen molar-refractivity contribution in [3.05, 3.63) is 16.4 Å². The minimum atomic E-state index is -0.552. The van der Waals surface area contributed by atoms with E-state index in [0.717, 1.165) is 19.6 Å². The largest absolute Gasteiger partial charge is 0.490 e. The molecule has 0 amide bonds. The van der Waals surface area contributed by atoms with Crippen LogP contribution in [-0.4, -0.2) is 44.2 Å². The highest BCUT2D eigenvalue weighted by Gasteiger charge is 2.41. The molecule has 0 aromatic carbocycles. The summed E-state index contributed by atoms with van der Waals surface area (Å²) in [4.78, 5) is 15.9. The lowest BCUT2D eigenvalue weighted by Crippen LogP contribution is -2.26. The second kappa shape index (κ2) is 2.99. The Morgan fingerprint density at radius 3 is 2.93 bits per heavy atom. The van der Waals surface area contributed by atoms with Crippen molar-refractivity contribution in [3.63, 3.8) is 0 Å². The lowest BCUT2D eigenvalue weighted by molar-refractivity contribution is -0.394. The van der Waals surface area contributed by atoms with E-state index in [1.54, 1.807) is 4.68 Å². The van der Waals surface area contributed by atoms with Gasteiger partial charge in [-0.3, -0.25) is 0 Å². The lowest BCUT2D eigenvalue weighted by Gasteiger charge is -2.19. The third-order valence-electron chi connectivity index (χ3n) is 3.30. The van der Waals surface area contributed by atoms with Crippen LogP contribution in [0.3, 0.4) is 0 Å². The Morgan fingerprint density at radius 2 is 2.40 bits per heavy atom. The molecule has 7 nitrogen and oxygen atoms in total. The molecule has 1 aromatic heterocycles. The third-order valence-corrected chi connectivity index (χ3v) is 3.30. The van der Waals surface area contributed by atoms with Crippen LogP contribution in [0.1, 0.15) is 12.5 Å². The Morgan fingerprint density at radius 1 is 1.53 bits per heavy atom. The van der Waals surface area contributed by atoms with Crippen molar-refractivity contribution in [2.75, 3.05) is 19.6 Å². The van der Waals surface area contributed by atoms with Crippen molar-refractivity contribution < 1.29 is 4.92 Å². The van der Waals surface area contributed by atoms with Gasteiger partial charge in [0, 0.05) is 18.2 Å². The molecule has 15 heavy (non-hydrogen) atoms. The minimum absolute atomic E-state index is 0.278. The number of rotatable bonds is 2. The van der Waals surface area contributed by atoms with Crippen LogP contribution in [0.4, 0.5) is 5.95 Å². The Labute approximate surface area is 85.8 Å². The first-order chi connectivity index (χ1) is 7.24. The van der Waals surface area contributed by atoms with Crippen molar-refractivity contribution in [1.82, 2.24) is 19.7 Å². The van der Waals surface area contributed by atoms with Crippen LogP contribution in [0.15, 0.2) is 6.33 Å². The van der Waals surface area contributed by atoms with Gasteiger partial charge in [0.1, 0.15) is 0 Å². The zero-order chi connectivity index (χ0) is 10.4. The molecule has 7 heteroatoms. The van der Waals surface area contributed by atoms with E-state index in [1.165, 1.54) is 12.7 Å². The zero-order valence-electron chi connectivity index (χ0n) is 8.11. The van der Waals surface area contributed by atoms with E-state index in [-0.39, 0.29) is 12.0 Å². The molecule has 1 aromatic rings. The molecule has 0 saturated carbocycles. The molecule has 2 bridgehead atoms. The highest BCUT2D eigenvalue weighted by molar-refractivity contribution is 5.01. The van der Waals surface area contributed by atoms with Gasteiger partial charge in [0.25, 0.3) is 0 Å². The number of nitro groups is 1. The molecule has 2 aliphatic rings. The van der Waals surface area contributed by atoms with Crippen molar-refractivity contribution in [2.45, 2.75) is 12.5 Å². The number of piperidine rings is 1. The molecule has 0 aliphatic carbocycles. The highest BCUT2D eigenvalue weighted by Crippen LogP contribution is 2.35. The van der Waals surface area contributed by atoms with Gasteiger partial charge in [-0.1, -0.05) is 4.98 Å². The molecular formula is C8H11N5O2. The molecule has 0 spiro atoms. The van der Waals surface area contributed by atoms with Crippen molar-refractivity contribution in [2.24, 2.45) is 5.92 Å². The maximum Gasteiger partial charge on any atom is 0.490 e. The minimum Gasteiger partial charge on any atom is -0.390 e. The topological polar surface area (TPSA) is 77.1 Å². The summed E-state index contributed by atoms with van der Waals surface area (Å²) >= 11 is 0. The van der Waals surface area contributed by atoms with Crippen LogP contribution in [0, 0.1) is 16.0 Å². The van der Waals surface area contributed by atoms with Gasteiger partial charge in [0.15, 0.2) is 0 Å². The smallest absolute Gasteiger partial charge is 0.390 e. The Balaban J connectivity index is 1.84. The second-order valence-corrected chi connectivity index (χ2v) is 4.16. The van der Waals surface area contributed by atoms with Crippen LogP contribution in [0.25, 0.3) is 0 Å². The van der Waals surface area contributed by atoms with Crippen molar-refractivity contribution >= 4 is 5.95 Å². The van der Waals surface area contributed by atoms with Gasteiger partial charge in [0.2, 0.25) is 6.33 Å². The maximum absolute atomic E-state index is 10.4. The Kier molecular flexibility index (Phi) is 1.75. The number of hydrogen-bond donors (Lipinski definition) is 0. The molecule has 3 heterocycles. The molecular weight excluding hydrogens is 198 g/mol. The zero-order valence-corrected chi connectivity index (χ0v) is 8.11. The molecule has 2 fully saturated rings. The summed E-state index contributed by atoms with van der Waals surface area (Å²) in [5, 5.41) is 14.3. The van der Waals surface area contributed by atoms with E-state index in [2.05, 4.69) is 15.0 Å². The summed E-state index contributed by atoms with van der Waals surface area (Å²) in [6.45, 7) is 3.20. The van der Waals surface area contributed by atoms with Crippen molar-refractivity contribution in [3.8, 4) is 0 Å². The summed E-state index contributed by atoms with van der Waals surface area (Å²) in [7, 11) is 0. The lowest BCUT2D eigenvalue weighted by atomic mass is 10.0. The van der Waals surface area contributed by atoms with Crippen LogP contribution in [-0.2, 0) is 0 Å². The van der Waals surface area contributed by atoms with Crippen LogP contribution in [0.5, 0.6) is 0 Å². The molecule has 2 saturated heterocycles. The second-order valence-electron chi connectivity index (χ2n) is 4.16. The highest BCUT2D eigenvalue weighted by atomic mass is 16.6. The van der Waals surface area contributed by atoms with Gasteiger partial charge in [0.05, 0.1) is 6.04 Å². The standard InChI is InChI=1S/C8H11N5O2/c14-13(15)8-9-5-12(10-8)7-4-11-2-1-6(7)3-11/h5-7H,1-4H2. The summed E-state index contributed by atoms with van der Waals surface area (Å²) in [6.07, 6.45) is 2.64. The van der Waals surface area contributed by atoms with Crippen LogP contribution in [0.2, 0.25) is 0 Å². The first-order valence-corrected chi connectivity index (χ1v) is 5.02. The summed E-state index contributed by atoms with van der Waals surface area (Å²) in [6, 6.07) is 0.278. The van der Waals surface area contributed by atoms with E-state index >= 15 is 0 Å². The SMILES string of the molecule is O=[N+]([O-])c1ncn(C2CN3CCC2C3)n1. The summed E-state index contributed by atoms with van der Waals surface area (Å²) < 4.78 is 1.65. The predicted octanol–water partition coefficient (Wildman–Crippen LogP) is 0.0629. The van der Waals surface area contributed by atoms with Gasteiger partial charge in [-0.15, -0.1) is 0 Å². The van der Waals surface area contributed by atoms with Crippen molar-refractivity contribution in [1.29, 1.82) is 0 Å². The van der Waals surface area contributed by atoms with E-state index in [0.29, 0.717) is 5.92 Å². The molecule has 3 rings (SSSR count). The molecule has 0 N–H and O–H groups in total. The normalized spacial score (nSPS) is 33.5. The fourth-order valence-electron chi connectivity index (χ4n) is 2.56. The van der Waals surface area contributed by atoms with Crippen LogP contribution < -0.4 is 0 Å². The Hall–Kier alpha value is -1.50. The number of nitrogens with zero attached hydrogens (tertiary/aromatic N) is 5. The van der Waals surface area contributed by atoms with E-state index in [9.17, 15) is 10.1 Å². The number of aromatic nitrogens is 3. The molecule has 0 radical (unpaired) electrons. The predicted molar refractivity (Wildman–Crippen MR) is 50.3 cm³/mol. The van der Waals surface area contributed by atoms with Gasteiger partial charge < -0.3 is 15.0 Å². The van der Waals surface area contributed by atoms with E-state index < -0.39 is 4.92 Å². The monoisotopic (exact) mass is 209 g/mol. The van der Waals surface area contributed by atoms with Gasteiger partial charge in [-0.2, -0.15) is 4.68 Å². The average Bonchev–Trinajstić information content (AvgIpc) is 2.93. The van der Waals surface area contributed by atoms with Gasteiger partial charge in [-0.05, 0) is 23.8 Å². The number of fused-ring (bicyclic) bond motifs is 2. The average molecular weight is 209 g/mol. The summed E-state index contributed by atoms with van der Waals surface area (Å²) in [5.74, 6) is 0.291. The maximum atomic E-state index is 10.4. The molecule has 3 unspecified atom stereocenters. The van der Waals surface area contributed by atoms with Crippen LogP contribution >= 0.6 is 0 Å². The van der Waals surface area contributed by atoms with Gasteiger partial charge >= 0.3 is 5.95 Å². The Bertz CT molecular complexity index is 403. The fourth-order valence-corrected chi connectivity index (χ4v) is 2.56. The molecule has 3 atom stereocenters. The third kappa shape index (κ3) is 1.30. The molecule has 80 valence electrons. The van der Waals surface area contributed by atoms with Gasteiger partial charge in [-0.25, -0.2) is 0 Å².